The molecule has 4 nitrogen and oxygen atoms in total. The van der Waals surface area contributed by atoms with Crippen molar-refractivity contribution < 1.29 is 0 Å². The number of pyridine rings is 2. The van der Waals surface area contributed by atoms with Gasteiger partial charge >= 0.3 is 0 Å². The first kappa shape index (κ1) is 20.2. The Hall–Kier alpha value is -2.70. The Morgan fingerprint density at radius 3 is 1.52 bits per heavy atom. The van der Waals surface area contributed by atoms with Crippen molar-refractivity contribution >= 4 is 34.3 Å². The van der Waals surface area contributed by atoms with Crippen molar-refractivity contribution in [2.45, 2.75) is 20.3 Å². The number of hydrogen-bond acceptors (Lipinski definition) is 6. The van der Waals surface area contributed by atoms with Gasteiger partial charge in [0.15, 0.2) is 0 Å². The summed E-state index contributed by atoms with van der Waals surface area (Å²) in [5.41, 5.74) is 5.01. The van der Waals surface area contributed by atoms with E-state index in [1.54, 1.807) is 22.7 Å². The van der Waals surface area contributed by atoms with Crippen LogP contribution in [0.5, 0.6) is 0 Å². The molecule has 4 aromatic heterocycles. The predicted octanol–water partition coefficient (Wildman–Crippen LogP) is 6.27. The Labute approximate surface area is 191 Å². The van der Waals surface area contributed by atoms with Crippen LogP contribution in [-0.2, 0) is 0 Å². The minimum atomic E-state index is 0.956. The molecular weight excluding hydrogens is 420 g/mol. The number of hydrogen-bond donors (Lipinski definition) is 0. The smallest absolute Gasteiger partial charge is 0.128 e. The van der Waals surface area contributed by atoms with E-state index in [0.717, 1.165) is 44.2 Å². The van der Waals surface area contributed by atoms with E-state index in [1.165, 1.54) is 32.0 Å². The number of rotatable bonds is 4. The third-order valence-corrected chi connectivity index (χ3v) is 7.86. The van der Waals surface area contributed by atoms with Gasteiger partial charge in [0.05, 0.1) is 0 Å². The topological polar surface area (TPSA) is 32.3 Å². The zero-order chi connectivity index (χ0) is 21.2. The van der Waals surface area contributed by atoms with Crippen LogP contribution in [0.15, 0.2) is 59.6 Å². The zero-order valence-electron chi connectivity index (χ0n) is 17.9. The molecule has 4 aromatic rings. The molecule has 1 fully saturated rings. The molecule has 0 amide bonds. The van der Waals surface area contributed by atoms with Crippen molar-refractivity contribution in [3.05, 3.63) is 70.7 Å². The number of nitrogens with zero attached hydrogens (tertiary/aromatic N) is 4. The van der Waals surface area contributed by atoms with Gasteiger partial charge < -0.3 is 9.80 Å². The van der Waals surface area contributed by atoms with Crippen LogP contribution < -0.4 is 9.80 Å². The van der Waals surface area contributed by atoms with E-state index in [9.17, 15) is 0 Å². The van der Waals surface area contributed by atoms with Gasteiger partial charge in [0.2, 0.25) is 0 Å². The molecule has 0 spiro atoms. The first-order valence-corrected chi connectivity index (χ1v) is 12.4. The molecule has 0 saturated carbocycles. The molecule has 0 unspecified atom stereocenters. The third-order valence-electron chi connectivity index (χ3n) is 5.67. The molecular formula is C25H26N4S2. The molecule has 0 aromatic carbocycles. The SMILES string of the molecule is Cc1csc(-c2ccc(N3CCCN(c4ccc(-c5cc(C)cs5)cn4)CC3)nc2)c1. The first-order chi connectivity index (χ1) is 15.2. The zero-order valence-corrected chi connectivity index (χ0v) is 19.5. The highest BCUT2D eigenvalue weighted by Crippen LogP contribution is 2.29. The van der Waals surface area contributed by atoms with E-state index in [-0.39, 0.29) is 0 Å². The normalized spacial score (nSPS) is 14.6. The molecule has 158 valence electrons. The Kier molecular flexibility index (Phi) is 5.74. The average Bonchev–Trinajstić information content (AvgIpc) is 3.35. The molecule has 0 atom stereocenters. The lowest BCUT2D eigenvalue weighted by Gasteiger charge is -2.23. The van der Waals surface area contributed by atoms with Crippen LogP contribution in [0.1, 0.15) is 17.5 Å². The van der Waals surface area contributed by atoms with Crippen LogP contribution in [0.25, 0.3) is 20.9 Å². The second-order valence-corrected chi connectivity index (χ2v) is 9.94. The summed E-state index contributed by atoms with van der Waals surface area (Å²) in [4.78, 5) is 16.9. The van der Waals surface area contributed by atoms with E-state index in [2.05, 4.69) is 70.8 Å². The highest BCUT2D eigenvalue weighted by Gasteiger charge is 2.17. The molecule has 0 aliphatic carbocycles. The first-order valence-electron chi connectivity index (χ1n) is 10.7. The minimum absolute atomic E-state index is 0.956. The standard InChI is InChI=1S/C25H26N4S2/c1-18-12-22(30-16-18)20-4-6-24(26-14-20)28-8-3-9-29(11-10-28)25-7-5-21(15-27-25)23-13-19(2)17-31-23/h4-7,12-17H,3,8-11H2,1-2H3. The summed E-state index contributed by atoms with van der Waals surface area (Å²) in [7, 11) is 0. The highest BCUT2D eigenvalue weighted by atomic mass is 32.1. The average molecular weight is 447 g/mol. The van der Waals surface area contributed by atoms with Crippen LogP contribution in [-0.4, -0.2) is 36.1 Å². The maximum Gasteiger partial charge on any atom is 0.128 e. The number of aryl methyl sites for hydroxylation is 2. The van der Waals surface area contributed by atoms with Crippen molar-refractivity contribution in [2.75, 3.05) is 36.0 Å². The summed E-state index contributed by atoms with van der Waals surface area (Å²) >= 11 is 3.56. The monoisotopic (exact) mass is 446 g/mol. The fraction of sp³-hybridized carbons (Fsp3) is 0.280. The lowest BCUT2D eigenvalue weighted by Crippen LogP contribution is -2.31. The van der Waals surface area contributed by atoms with Crippen molar-refractivity contribution in [2.24, 2.45) is 0 Å². The highest BCUT2D eigenvalue weighted by molar-refractivity contribution is 7.14. The molecule has 6 heteroatoms. The molecule has 1 aliphatic rings. The van der Waals surface area contributed by atoms with E-state index >= 15 is 0 Å². The van der Waals surface area contributed by atoms with Gasteiger partial charge in [-0.2, -0.15) is 0 Å². The molecule has 0 bridgehead atoms. The lowest BCUT2D eigenvalue weighted by molar-refractivity contribution is 0.794. The van der Waals surface area contributed by atoms with Crippen molar-refractivity contribution in [1.82, 2.24) is 9.97 Å². The molecule has 31 heavy (non-hydrogen) atoms. The molecule has 1 aliphatic heterocycles. The second kappa shape index (κ2) is 8.81. The Morgan fingerprint density at radius 1 is 0.677 bits per heavy atom. The van der Waals surface area contributed by atoms with Crippen molar-refractivity contribution in [1.29, 1.82) is 0 Å². The van der Waals surface area contributed by atoms with Gasteiger partial charge in [-0.25, -0.2) is 9.97 Å². The summed E-state index contributed by atoms with van der Waals surface area (Å²) in [6.45, 7) is 8.23. The van der Waals surface area contributed by atoms with Crippen LogP contribution in [0, 0.1) is 13.8 Å². The van der Waals surface area contributed by atoms with E-state index in [4.69, 9.17) is 9.97 Å². The lowest BCUT2D eigenvalue weighted by atomic mass is 10.2. The number of anilines is 2. The van der Waals surface area contributed by atoms with Gasteiger partial charge in [-0.05, 0) is 78.6 Å². The van der Waals surface area contributed by atoms with Gasteiger partial charge in [0, 0.05) is 59.5 Å². The summed E-state index contributed by atoms with van der Waals surface area (Å²) in [5, 5.41) is 4.38. The molecule has 5 heterocycles. The second-order valence-electron chi connectivity index (χ2n) is 8.11. The van der Waals surface area contributed by atoms with Gasteiger partial charge in [0.25, 0.3) is 0 Å². The van der Waals surface area contributed by atoms with Gasteiger partial charge in [0.1, 0.15) is 11.6 Å². The van der Waals surface area contributed by atoms with E-state index in [0.29, 0.717) is 0 Å². The van der Waals surface area contributed by atoms with Crippen molar-refractivity contribution in [3.63, 3.8) is 0 Å². The largest absolute Gasteiger partial charge is 0.355 e. The maximum atomic E-state index is 4.77. The molecule has 1 saturated heterocycles. The van der Waals surface area contributed by atoms with E-state index in [1.807, 2.05) is 12.4 Å². The van der Waals surface area contributed by atoms with Crippen molar-refractivity contribution in [3.8, 4) is 20.9 Å². The van der Waals surface area contributed by atoms with Crippen LogP contribution in [0.3, 0.4) is 0 Å². The fourth-order valence-corrected chi connectivity index (χ4v) is 5.76. The van der Waals surface area contributed by atoms with E-state index < -0.39 is 0 Å². The Morgan fingerprint density at radius 2 is 1.16 bits per heavy atom. The summed E-state index contributed by atoms with van der Waals surface area (Å²) in [6, 6.07) is 13.2. The fourth-order valence-electron chi connectivity index (χ4n) is 3.98. The minimum Gasteiger partial charge on any atom is -0.355 e. The summed E-state index contributed by atoms with van der Waals surface area (Å²) in [5.74, 6) is 2.13. The number of thiophene rings is 2. The summed E-state index contributed by atoms with van der Waals surface area (Å²) in [6.07, 6.45) is 5.12. The van der Waals surface area contributed by atoms with Gasteiger partial charge in [-0.3, -0.25) is 0 Å². The Bertz CT molecular complexity index is 1050. The molecule has 5 rings (SSSR count). The van der Waals surface area contributed by atoms with Gasteiger partial charge in [-0.15, -0.1) is 22.7 Å². The maximum absolute atomic E-state index is 4.77. The predicted molar refractivity (Wildman–Crippen MR) is 134 cm³/mol. The number of aromatic nitrogens is 2. The molecule has 0 radical (unpaired) electrons. The quantitative estimate of drug-likeness (QED) is 0.370. The van der Waals surface area contributed by atoms with Crippen LogP contribution >= 0.6 is 22.7 Å². The van der Waals surface area contributed by atoms with Crippen LogP contribution in [0.4, 0.5) is 11.6 Å². The third kappa shape index (κ3) is 4.50. The molecule has 0 N–H and O–H groups in total. The van der Waals surface area contributed by atoms with Gasteiger partial charge in [-0.1, -0.05) is 0 Å². The summed E-state index contributed by atoms with van der Waals surface area (Å²) < 4.78 is 0. The Balaban J connectivity index is 1.25. The van der Waals surface area contributed by atoms with Crippen LogP contribution in [0.2, 0.25) is 0 Å².